The van der Waals surface area contributed by atoms with Crippen molar-refractivity contribution in [2.24, 2.45) is 0 Å². The van der Waals surface area contributed by atoms with Gasteiger partial charge in [0.25, 0.3) is 6.43 Å². The van der Waals surface area contributed by atoms with Gasteiger partial charge in [0.15, 0.2) is 5.82 Å². The Balaban J connectivity index is 1.32. The highest BCUT2D eigenvalue weighted by atomic mass is 19.3. The number of hydrogen-bond acceptors (Lipinski definition) is 7. The van der Waals surface area contributed by atoms with Gasteiger partial charge in [0.1, 0.15) is 12.3 Å². The third-order valence-electron chi connectivity index (χ3n) is 5.49. The van der Waals surface area contributed by atoms with E-state index < -0.39 is 6.43 Å². The van der Waals surface area contributed by atoms with Crippen molar-refractivity contribution in [3.05, 3.63) is 53.3 Å². The number of halogens is 2. The Morgan fingerprint density at radius 3 is 2.56 bits per heavy atom. The first kappa shape index (κ1) is 20.3. The molecule has 0 unspecified atom stereocenters. The average molecular weight is 441 g/mol. The lowest BCUT2D eigenvalue weighted by molar-refractivity contribution is -0.120. The summed E-state index contributed by atoms with van der Waals surface area (Å²) in [5.74, 6) is 1.23. The molecule has 11 heteroatoms. The van der Waals surface area contributed by atoms with Gasteiger partial charge in [0.05, 0.1) is 17.9 Å². The zero-order chi connectivity index (χ0) is 22.1. The first-order valence-corrected chi connectivity index (χ1v) is 10.4. The van der Waals surface area contributed by atoms with Gasteiger partial charge in [-0.3, -0.25) is 4.79 Å². The minimum Gasteiger partial charge on any atom is -0.470 e. The molecule has 1 aliphatic heterocycles. The van der Waals surface area contributed by atoms with E-state index in [4.69, 9.17) is 4.74 Å². The Bertz CT molecular complexity index is 1100. The van der Waals surface area contributed by atoms with Crippen molar-refractivity contribution in [2.45, 2.75) is 31.8 Å². The molecule has 0 radical (unpaired) electrons. The Kier molecular flexibility index (Phi) is 5.38. The molecule has 3 aromatic rings. The van der Waals surface area contributed by atoms with Gasteiger partial charge in [-0.15, -0.1) is 15.3 Å². The molecule has 1 aliphatic carbocycles. The fourth-order valence-corrected chi connectivity index (χ4v) is 3.63. The number of ether oxygens (including phenoxy) is 1. The molecule has 2 fully saturated rings. The minimum atomic E-state index is -2.52. The molecular weight excluding hydrogens is 420 g/mol. The summed E-state index contributed by atoms with van der Waals surface area (Å²) < 4.78 is 33.3. The zero-order valence-corrected chi connectivity index (χ0v) is 17.1. The molecule has 1 aromatic carbocycles. The quantitative estimate of drug-likeness (QED) is 0.601. The summed E-state index contributed by atoms with van der Waals surface area (Å²) in [5, 5.41) is 19.6. The number of carbonyl (C=O) groups excluding carboxylic acids is 1. The number of aromatic nitrogens is 5. The van der Waals surface area contributed by atoms with Crippen LogP contribution in [0, 0.1) is 0 Å². The van der Waals surface area contributed by atoms with E-state index >= 15 is 0 Å². The summed E-state index contributed by atoms with van der Waals surface area (Å²) in [6.45, 7) is 1.64. The number of carbonyl (C=O) groups is 1. The Labute approximate surface area is 182 Å². The molecule has 1 N–H and O–H groups in total. The summed E-state index contributed by atoms with van der Waals surface area (Å²) in [5.41, 5.74) is 2.20. The van der Waals surface area contributed by atoms with Crippen LogP contribution in [0.15, 0.2) is 36.4 Å². The number of nitrogens with zero attached hydrogens (tertiary/aromatic N) is 6. The van der Waals surface area contributed by atoms with Crippen molar-refractivity contribution < 1.29 is 18.3 Å². The molecule has 3 heterocycles. The van der Waals surface area contributed by atoms with Crippen LogP contribution in [-0.2, 0) is 11.4 Å². The number of nitrogens with one attached hydrogen (secondary N) is 1. The molecule has 166 valence electrons. The van der Waals surface area contributed by atoms with Gasteiger partial charge >= 0.3 is 0 Å². The summed E-state index contributed by atoms with van der Waals surface area (Å²) >= 11 is 0. The molecule has 1 amide bonds. The summed E-state index contributed by atoms with van der Waals surface area (Å²) in [6, 6.07) is 9.43. The lowest BCUT2D eigenvalue weighted by Crippen LogP contribution is -2.48. The number of anilines is 1. The smallest absolute Gasteiger partial charge is 0.263 e. The molecule has 2 aromatic heterocycles. The third-order valence-corrected chi connectivity index (χ3v) is 5.49. The predicted molar refractivity (Wildman–Crippen MR) is 110 cm³/mol. The maximum absolute atomic E-state index is 12.9. The fraction of sp³-hybridized carbons (Fsp3) is 0.381. The molecule has 32 heavy (non-hydrogen) atoms. The standard InChI is InChI=1S/C21H21F2N7O2/c22-21(23)14-3-5-15(6-4-14)30-16(20(27-28-30)13-1-2-13)12-32-19-8-7-17(25-26-19)29-10-9-24-18(31)11-29/h3-8,13,21H,1-2,9-12H2,(H,24,31). The van der Waals surface area contributed by atoms with E-state index in [0.29, 0.717) is 36.4 Å². The lowest BCUT2D eigenvalue weighted by Gasteiger charge is -2.27. The molecule has 0 atom stereocenters. The maximum atomic E-state index is 12.9. The van der Waals surface area contributed by atoms with Gasteiger partial charge in [0, 0.05) is 30.6 Å². The van der Waals surface area contributed by atoms with Crippen LogP contribution >= 0.6 is 0 Å². The Hall–Kier alpha value is -3.63. The summed E-state index contributed by atoms with van der Waals surface area (Å²) in [7, 11) is 0. The van der Waals surface area contributed by atoms with Crippen molar-refractivity contribution in [1.82, 2.24) is 30.5 Å². The van der Waals surface area contributed by atoms with Gasteiger partial charge in [-0.2, -0.15) is 0 Å². The maximum Gasteiger partial charge on any atom is 0.263 e. The van der Waals surface area contributed by atoms with Crippen LogP contribution < -0.4 is 15.0 Å². The highest BCUT2D eigenvalue weighted by Gasteiger charge is 2.31. The van der Waals surface area contributed by atoms with Crippen molar-refractivity contribution in [2.75, 3.05) is 24.5 Å². The van der Waals surface area contributed by atoms with Gasteiger partial charge in [0.2, 0.25) is 11.8 Å². The Morgan fingerprint density at radius 1 is 1.09 bits per heavy atom. The number of amides is 1. The second kappa shape index (κ2) is 8.48. The molecule has 1 saturated carbocycles. The van der Waals surface area contributed by atoms with Crippen LogP contribution in [0.1, 0.15) is 42.1 Å². The first-order chi connectivity index (χ1) is 15.6. The van der Waals surface area contributed by atoms with E-state index in [0.717, 1.165) is 24.2 Å². The first-order valence-electron chi connectivity index (χ1n) is 10.4. The molecule has 0 bridgehead atoms. The van der Waals surface area contributed by atoms with Crippen LogP contribution in [0.2, 0.25) is 0 Å². The van der Waals surface area contributed by atoms with E-state index in [2.05, 4.69) is 25.8 Å². The molecule has 2 aliphatic rings. The van der Waals surface area contributed by atoms with Crippen LogP contribution in [0.3, 0.4) is 0 Å². The van der Waals surface area contributed by atoms with Gasteiger partial charge < -0.3 is 15.0 Å². The number of benzene rings is 1. The van der Waals surface area contributed by atoms with E-state index in [-0.39, 0.29) is 24.6 Å². The van der Waals surface area contributed by atoms with E-state index in [1.54, 1.807) is 28.9 Å². The lowest BCUT2D eigenvalue weighted by atomic mass is 10.2. The SMILES string of the molecule is O=C1CN(c2ccc(OCc3c(C4CC4)nnn3-c3ccc(C(F)F)cc3)nn2)CCN1. The van der Waals surface area contributed by atoms with Gasteiger partial charge in [-0.25, -0.2) is 13.5 Å². The minimum absolute atomic E-state index is 0.0457. The molecule has 1 saturated heterocycles. The highest BCUT2D eigenvalue weighted by molar-refractivity contribution is 5.82. The topological polar surface area (TPSA) is 98.1 Å². The van der Waals surface area contributed by atoms with Crippen LogP contribution in [0.5, 0.6) is 5.88 Å². The van der Waals surface area contributed by atoms with Crippen LogP contribution in [0.25, 0.3) is 5.69 Å². The summed E-state index contributed by atoms with van der Waals surface area (Å²) in [4.78, 5) is 13.4. The number of hydrogen-bond donors (Lipinski definition) is 1. The monoisotopic (exact) mass is 441 g/mol. The molecule has 9 nitrogen and oxygen atoms in total. The zero-order valence-electron chi connectivity index (χ0n) is 17.1. The number of alkyl halides is 2. The van der Waals surface area contributed by atoms with E-state index in [1.165, 1.54) is 12.1 Å². The number of rotatable bonds is 7. The predicted octanol–water partition coefficient (Wildman–Crippen LogP) is 2.39. The Morgan fingerprint density at radius 2 is 1.91 bits per heavy atom. The second-order valence-electron chi connectivity index (χ2n) is 7.79. The van der Waals surface area contributed by atoms with E-state index in [9.17, 15) is 13.6 Å². The normalized spacial score (nSPS) is 16.3. The van der Waals surface area contributed by atoms with Gasteiger partial charge in [-0.05, 0) is 31.0 Å². The molecular formula is C21H21F2N7O2. The third kappa shape index (κ3) is 4.23. The largest absolute Gasteiger partial charge is 0.470 e. The van der Waals surface area contributed by atoms with Crippen molar-refractivity contribution in [3.8, 4) is 11.6 Å². The molecule has 0 spiro atoms. The molecule has 5 rings (SSSR count). The average Bonchev–Trinajstić information content (AvgIpc) is 3.57. The fourth-order valence-electron chi connectivity index (χ4n) is 3.63. The number of piperazine rings is 1. The highest BCUT2D eigenvalue weighted by Crippen LogP contribution is 2.41. The van der Waals surface area contributed by atoms with Crippen LogP contribution in [-0.4, -0.2) is 50.7 Å². The van der Waals surface area contributed by atoms with Crippen molar-refractivity contribution in [3.63, 3.8) is 0 Å². The summed E-state index contributed by atoms with van der Waals surface area (Å²) in [6.07, 6.45) is -0.451. The van der Waals surface area contributed by atoms with Gasteiger partial charge in [-0.1, -0.05) is 17.3 Å². The van der Waals surface area contributed by atoms with Crippen molar-refractivity contribution in [1.29, 1.82) is 0 Å². The van der Waals surface area contributed by atoms with Crippen molar-refractivity contribution >= 4 is 11.7 Å². The van der Waals surface area contributed by atoms with E-state index in [1.807, 2.05) is 4.90 Å². The van der Waals surface area contributed by atoms with Crippen LogP contribution in [0.4, 0.5) is 14.6 Å². The second-order valence-corrected chi connectivity index (χ2v) is 7.79.